The number of carbonyl (C=O) groups excluding carboxylic acids is 2. The summed E-state index contributed by atoms with van der Waals surface area (Å²) < 4.78 is 4.79. The van der Waals surface area contributed by atoms with Crippen LogP contribution in [0, 0.1) is 0 Å². The van der Waals surface area contributed by atoms with E-state index < -0.39 is 0 Å². The Morgan fingerprint density at radius 1 is 1.38 bits per heavy atom. The summed E-state index contributed by atoms with van der Waals surface area (Å²) in [6, 6.07) is 8.96. The molecule has 0 N–H and O–H groups in total. The van der Waals surface area contributed by atoms with E-state index in [1.54, 1.807) is 19.1 Å². The number of carbonyl (C=O) groups is 2. The first-order chi connectivity index (χ1) is 7.77. The van der Waals surface area contributed by atoms with Crippen molar-refractivity contribution >= 4 is 12.4 Å². The van der Waals surface area contributed by atoms with Gasteiger partial charge in [0, 0.05) is 0 Å². The molecular formula is C10H11N3O3. The van der Waals surface area contributed by atoms with E-state index in [0.717, 1.165) is 5.12 Å². The number of esters is 1. The molecule has 1 aromatic rings. The van der Waals surface area contributed by atoms with Crippen LogP contribution in [0.15, 0.2) is 40.8 Å². The van der Waals surface area contributed by atoms with Gasteiger partial charge in [0.2, 0.25) is 0 Å². The summed E-state index contributed by atoms with van der Waals surface area (Å²) in [4.78, 5) is 20.3. The number of ether oxygens (including phenoxy) is 1. The zero-order valence-corrected chi connectivity index (χ0v) is 8.74. The van der Waals surface area contributed by atoms with Crippen LogP contribution >= 0.6 is 0 Å². The molecule has 0 saturated heterocycles. The van der Waals surface area contributed by atoms with Crippen molar-refractivity contribution in [3.8, 4) is 0 Å². The number of nitrogens with zero attached hydrogens (tertiary/aromatic N) is 3. The molecule has 2 rings (SSSR count). The maximum Gasteiger partial charge on any atom is 0.338 e. The number of hydrogen-bond acceptors (Lipinski definition) is 5. The highest BCUT2D eigenvalue weighted by Gasteiger charge is 2.04. The lowest BCUT2D eigenvalue weighted by Gasteiger charge is -1.99. The van der Waals surface area contributed by atoms with E-state index in [1.807, 2.05) is 18.2 Å². The molecule has 16 heavy (non-hydrogen) atoms. The van der Waals surface area contributed by atoms with Crippen LogP contribution in [0.25, 0.3) is 0 Å². The lowest BCUT2D eigenvalue weighted by atomic mass is 10.2. The summed E-state index contributed by atoms with van der Waals surface area (Å²) in [5.41, 5.74) is 0.606. The molecule has 0 bridgehead atoms. The molecule has 84 valence electrons. The third-order valence-corrected chi connectivity index (χ3v) is 1.57. The van der Waals surface area contributed by atoms with Crippen LogP contribution in [0.5, 0.6) is 0 Å². The normalized spacial score (nSPS) is 11.2. The molecule has 0 spiro atoms. The highest BCUT2D eigenvalue weighted by Crippen LogP contribution is 2.00. The highest BCUT2D eigenvalue weighted by atomic mass is 16.5. The maximum absolute atomic E-state index is 11.0. The molecule has 0 unspecified atom stereocenters. The number of rotatable bonds is 3. The summed E-state index contributed by atoms with van der Waals surface area (Å²) in [5, 5.41) is 7.17. The molecule has 1 aliphatic rings. The van der Waals surface area contributed by atoms with Crippen molar-refractivity contribution in [2.24, 2.45) is 10.4 Å². The fourth-order valence-electron chi connectivity index (χ4n) is 0.854. The van der Waals surface area contributed by atoms with E-state index >= 15 is 0 Å². The standard InChI is InChI=1S/C9H10O2.CHN3O/c1-2-11-9(10)8-6-4-3-5-7-8;5-1-4-2-3-4/h3-7H,2H2,1H3;1H. The summed E-state index contributed by atoms with van der Waals surface area (Å²) in [7, 11) is 0. The van der Waals surface area contributed by atoms with Crippen molar-refractivity contribution in [1.29, 1.82) is 0 Å². The van der Waals surface area contributed by atoms with Crippen LogP contribution in [0.3, 0.4) is 0 Å². The third kappa shape index (κ3) is 4.32. The Morgan fingerprint density at radius 3 is 2.38 bits per heavy atom. The van der Waals surface area contributed by atoms with Crippen molar-refractivity contribution in [3.63, 3.8) is 0 Å². The second-order valence-electron chi connectivity index (χ2n) is 2.69. The number of benzene rings is 1. The van der Waals surface area contributed by atoms with Gasteiger partial charge in [-0.05, 0) is 29.5 Å². The molecule has 0 aromatic heterocycles. The fraction of sp³-hybridized carbons (Fsp3) is 0.200. The van der Waals surface area contributed by atoms with Gasteiger partial charge in [-0.25, -0.2) is 4.79 Å². The summed E-state index contributed by atoms with van der Waals surface area (Å²) in [5.74, 6) is -0.256. The minimum absolute atomic E-state index is 0.256. The van der Waals surface area contributed by atoms with Gasteiger partial charge in [-0.15, -0.1) is 0 Å². The monoisotopic (exact) mass is 221 g/mol. The van der Waals surface area contributed by atoms with Crippen molar-refractivity contribution in [2.45, 2.75) is 6.92 Å². The molecule has 0 saturated carbocycles. The molecule has 1 heterocycles. The first-order valence-corrected chi connectivity index (χ1v) is 4.66. The topological polar surface area (TPSA) is 71.1 Å². The number of amides is 1. The molecule has 1 amide bonds. The predicted molar refractivity (Wildman–Crippen MR) is 55.2 cm³/mol. The average Bonchev–Trinajstić information content (AvgIpc) is 3.15. The molecule has 1 aliphatic heterocycles. The van der Waals surface area contributed by atoms with Crippen LogP contribution in [-0.2, 0) is 9.53 Å². The Morgan fingerprint density at radius 2 is 2.00 bits per heavy atom. The Balaban J connectivity index is 0.000000212. The summed E-state index contributed by atoms with van der Waals surface area (Å²) in [6.45, 7) is 2.22. The quantitative estimate of drug-likeness (QED) is 0.575. The van der Waals surface area contributed by atoms with Crippen LogP contribution in [0.1, 0.15) is 17.3 Å². The SMILES string of the molecule is CCOC(=O)c1ccccc1.O=CN1N=N1. The second-order valence-corrected chi connectivity index (χ2v) is 2.69. The molecular weight excluding hydrogens is 210 g/mol. The Hall–Kier alpha value is -2.24. The largest absolute Gasteiger partial charge is 0.462 e. The smallest absolute Gasteiger partial charge is 0.338 e. The third-order valence-electron chi connectivity index (χ3n) is 1.57. The van der Waals surface area contributed by atoms with Gasteiger partial charge in [-0.3, -0.25) is 4.79 Å². The van der Waals surface area contributed by atoms with Gasteiger partial charge in [0.05, 0.1) is 12.2 Å². The van der Waals surface area contributed by atoms with Crippen LogP contribution in [0.4, 0.5) is 0 Å². The van der Waals surface area contributed by atoms with E-state index in [2.05, 4.69) is 10.4 Å². The van der Waals surface area contributed by atoms with E-state index in [4.69, 9.17) is 4.74 Å². The molecule has 0 fully saturated rings. The highest BCUT2D eigenvalue weighted by molar-refractivity contribution is 5.89. The lowest BCUT2D eigenvalue weighted by Crippen LogP contribution is -2.03. The van der Waals surface area contributed by atoms with E-state index in [-0.39, 0.29) is 5.97 Å². The molecule has 6 nitrogen and oxygen atoms in total. The van der Waals surface area contributed by atoms with E-state index in [0.29, 0.717) is 18.6 Å². The van der Waals surface area contributed by atoms with E-state index in [1.165, 1.54) is 0 Å². The van der Waals surface area contributed by atoms with Crippen molar-refractivity contribution in [1.82, 2.24) is 5.12 Å². The molecule has 0 radical (unpaired) electrons. The Kier molecular flexibility index (Phi) is 4.65. The van der Waals surface area contributed by atoms with Gasteiger partial charge in [0.15, 0.2) is 0 Å². The summed E-state index contributed by atoms with van der Waals surface area (Å²) >= 11 is 0. The predicted octanol–water partition coefficient (Wildman–Crippen LogP) is 1.60. The Bertz CT molecular complexity index is 372. The zero-order valence-electron chi connectivity index (χ0n) is 8.74. The zero-order chi connectivity index (χ0) is 11.8. The van der Waals surface area contributed by atoms with Crippen LogP contribution < -0.4 is 0 Å². The number of hydrogen-bond donors (Lipinski definition) is 0. The Labute approximate surface area is 92.5 Å². The maximum atomic E-state index is 11.0. The second kappa shape index (κ2) is 6.28. The van der Waals surface area contributed by atoms with Gasteiger partial charge >= 0.3 is 5.97 Å². The first-order valence-electron chi connectivity index (χ1n) is 4.66. The van der Waals surface area contributed by atoms with Crippen molar-refractivity contribution < 1.29 is 14.3 Å². The van der Waals surface area contributed by atoms with Gasteiger partial charge in [-0.1, -0.05) is 23.3 Å². The molecule has 0 atom stereocenters. The summed E-state index contributed by atoms with van der Waals surface area (Å²) in [6.07, 6.45) is 0.528. The van der Waals surface area contributed by atoms with Gasteiger partial charge in [-0.2, -0.15) is 0 Å². The molecule has 6 heteroatoms. The van der Waals surface area contributed by atoms with E-state index in [9.17, 15) is 9.59 Å². The fourth-order valence-corrected chi connectivity index (χ4v) is 0.854. The molecule has 1 aromatic carbocycles. The van der Waals surface area contributed by atoms with Gasteiger partial charge < -0.3 is 4.74 Å². The minimum Gasteiger partial charge on any atom is -0.462 e. The minimum atomic E-state index is -0.256. The van der Waals surface area contributed by atoms with Crippen molar-refractivity contribution in [3.05, 3.63) is 35.9 Å². The first kappa shape index (κ1) is 11.8. The molecule has 0 aliphatic carbocycles. The van der Waals surface area contributed by atoms with Crippen LogP contribution in [0.2, 0.25) is 0 Å². The van der Waals surface area contributed by atoms with Crippen molar-refractivity contribution in [2.75, 3.05) is 6.61 Å². The van der Waals surface area contributed by atoms with Gasteiger partial charge in [0.25, 0.3) is 6.41 Å². The lowest BCUT2D eigenvalue weighted by molar-refractivity contribution is -0.114. The van der Waals surface area contributed by atoms with Gasteiger partial charge in [0.1, 0.15) is 0 Å². The van der Waals surface area contributed by atoms with Crippen LogP contribution in [-0.4, -0.2) is 24.1 Å². The average molecular weight is 221 g/mol.